The topological polar surface area (TPSA) is 55.4 Å². The highest BCUT2D eigenvalue weighted by Gasteiger charge is 2.46. The van der Waals surface area contributed by atoms with Crippen LogP contribution < -0.4 is 0 Å². The van der Waals surface area contributed by atoms with Crippen LogP contribution in [-0.2, 0) is 26.6 Å². The largest absolute Gasteiger partial charge is 0.395 e. The van der Waals surface area contributed by atoms with Crippen molar-refractivity contribution in [3.05, 3.63) is 0 Å². The minimum atomic E-state index is -2.37. The van der Waals surface area contributed by atoms with Crippen LogP contribution >= 0.6 is 0 Å². The van der Waals surface area contributed by atoms with Crippen LogP contribution in [0.4, 0.5) is 0 Å². The molecule has 0 aromatic rings. The first-order chi connectivity index (χ1) is 10.3. The van der Waals surface area contributed by atoms with Gasteiger partial charge in [-0.1, -0.05) is 0 Å². The second kappa shape index (κ2) is 9.36. The van der Waals surface area contributed by atoms with Crippen LogP contribution in [0.5, 0.6) is 0 Å². The molecule has 0 bridgehead atoms. The van der Waals surface area contributed by atoms with E-state index in [1.54, 1.807) is 0 Å². The van der Waals surface area contributed by atoms with Gasteiger partial charge in [0.2, 0.25) is 5.60 Å². The lowest BCUT2D eigenvalue weighted by atomic mass is 10.9. The van der Waals surface area contributed by atoms with Gasteiger partial charge in [-0.15, -0.1) is 0 Å². The van der Waals surface area contributed by atoms with Gasteiger partial charge in [-0.05, 0) is 60.1 Å². The van der Waals surface area contributed by atoms with Crippen molar-refractivity contribution in [3.63, 3.8) is 0 Å². The highest BCUT2D eigenvalue weighted by molar-refractivity contribution is 6.68. The maximum absolute atomic E-state index is 6.27. The normalized spacial score (nSPS) is 14.5. The molecule has 23 heavy (non-hydrogen) atoms. The van der Waals surface area contributed by atoms with Crippen molar-refractivity contribution < 1.29 is 26.6 Å². The first-order valence-corrected chi connectivity index (χ1v) is 17.8. The second-order valence-corrected chi connectivity index (χ2v) is 17.8. The van der Waals surface area contributed by atoms with Crippen molar-refractivity contribution in [2.24, 2.45) is 0 Å². The minimum absolute atomic E-state index is 0.530. The highest BCUT2D eigenvalue weighted by Crippen LogP contribution is 2.28. The Hall–Kier alpha value is 0.628. The smallest absolute Gasteiger partial charge is 0.335 e. The summed E-state index contributed by atoms with van der Waals surface area (Å²) in [5.74, 6) is 0. The fourth-order valence-corrected chi connectivity index (χ4v) is 12.4. The zero-order valence-electron chi connectivity index (χ0n) is 16.6. The Labute approximate surface area is 148 Å². The average molecular weight is 401 g/mol. The first kappa shape index (κ1) is 23.6. The summed E-state index contributed by atoms with van der Waals surface area (Å²) in [7, 11) is -6.57. The molecule has 0 aliphatic heterocycles. The molecule has 0 amide bonds. The number of rotatable bonds is 12. The average Bonchev–Trinajstić information content (AvgIpc) is 2.23. The maximum Gasteiger partial charge on any atom is 0.335 e. The van der Waals surface area contributed by atoms with E-state index in [2.05, 4.69) is 0 Å². The lowest BCUT2D eigenvalue weighted by molar-refractivity contribution is -0.225. The van der Waals surface area contributed by atoms with Gasteiger partial charge in [0.1, 0.15) is 10.2 Å². The molecule has 0 aromatic heterocycles. The molecule has 0 atom stereocenters. The molecular formula is C13H36O6Si4. The van der Waals surface area contributed by atoms with E-state index in [9.17, 15) is 0 Å². The van der Waals surface area contributed by atoms with Gasteiger partial charge >= 0.3 is 25.7 Å². The van der Waals surface area contributed by atoms with Crippen molar-refractivity contribution >= 4 is 35.9 Å². The van der Waals surface area contributed by atoms with E-state index in [-0.39, 0.29) is 0 Å². The molecule has 0 N–H and O–H groups in total. The van der Waals surface area contributed by atoms with Crippen LogP contribution in [0.2, 0.25) is 39.3 Å². The summed E-state index contributed by atoms with van der Waals surface area (Å²) in [5, 5.41) is 0. The van der Waals surface area contributed by atoms with E-state index in [1.807, 2.05) is 60.1 Å². The van der Waals surface area contributed by atoms with Crippen molar-refractivity contribution in [1.82, 2.24) is 0 Å². The maximum atomic E-state index is 6.27. The predicted molar refractivity (Wildman–Crippen MR) is 103 cm³/mol. The lowest BCUT2D eigenvalue weighted by Gasteiger charge is -2.44. The van der Waals surface area contributed by atoms with E-state index in [4.69, 9.17) is 26.6 Å². The first-order valence-electron chi connectivity index (χ1n) is 8.32. The molecule has 0 rings (SSSR count). The van der Waals surface area contributed by atoms with Gasteiger partial charge in [0.25, 0.3) is 0 Å². The molecule has 0 aromatic carbocycles. The van der Waals surface area contributed by atoms with Gasteiger partial charge in [0.15, 0.2) is 0 Å². The summed E-state index contributed by atoms with van der Waals surface area (Å²) in [5.41, 5.74) is -1.10. The molecular weight excluding hydrogens is 364 g/mol. The quantitative estimate of drug-likeness (QED) is 0.370. The molecule has 0 aliphatic rings. The zero-order chi connectivity index (χ0) is 18.4. The van der Waals surface area contributed by atoms with Crippen LogP contribution in [0.1, 0.15) is 20.8 Å². The van der Waals surface area contributed by atoms with E-state index in [0.717, 1.165) is 0 Å². The minimum Gasteiger partial charge on any atom is -0.395 e. The molecule has 0 heterocycles. The van der Waals surface area contributed by atoms with Gasteiger partial charge in [-0.2, -0.15) is 0 Å². The molecule has 0 spiro atoms. The van der Waals surface area contributed by atoms with Crippen LogP contribution in [0, 0.1) is 0 Å². The molecule has 10 heteroatoms. The third-order valence-corrected chi connectivity index (χ3v) is 10.1. The third kappa shape index (κ3) is 10.3. The SMILES string of the molecule is CCO[Si](C)(C)OC([SiH3])(O[Si](C)(C)OCC)O[Si](C)(C)OCC. The zero-order valence-corrected chi connectivity index (χ0v) is 21.6. The Morgan fingerprint density at radius 2 is 0.826 bits per heavy atom. The van der Waals surface area contributed by atoms with Crippen LogP contribution in [0.25, 0.3) is 0 Å². The van der Waals surface area contributed by atoms with Crippen LogP contribution in [0.15, 0.2) is 0 Å². The fourth-order valence-electron chi connectivity index (χ4n) is 2.53. The van der Waals surface area contributed by atoms with Crippen LogP contribution in [-0.4, -0.2) is 61.3 Å². The van der Waals surface area contributed by atoms with Crippen molar-refractivity contribution in [1.29, 1.82) is 0 Å². The Kier molecular flexibility index (Phi) is 9.62. The molecule has 140 valence electrons. The molecule has 0 saturated carbocycles. The molecule has 0 aliphatic carbocycles. The third-order valence-electron chi connectivity index (χ3n) is 2.77. The van der Waals surface area contributed by atoms with E-state index >= 15 is 0 Å². The van der Waals surface area contributed by atoms with Gasteiger partial charge in [0.05, 0.1) is 0 Å². The molecule has 6 nitrogen and oxygen atoms in total. The Morgan fingerprint density at radius 3 is 1.00 bits per heavy atom. The van der Waals surface area contributed by atoms with Gasteiger partial charge < -0.3 is 26.6 Å². The summed E-state index contributed by atoms with van der Waals surface area (Å²) in [6.45, 7) is 19.7. The number of hydrogen-bond acceptors (Lipinski definition) is 6. The fraction of sp³-hybridized carbons (Fsp3) is 1.00. The molecule has 0 radical (unpaired) electrons. The van der Waals surface area contributed by atoms with Gasteiger partial charge in [-0.25, -0.2) is 0 Å². The van der Waals surface area contributed by atoms with Crippen molar-refractivity contribution in [2.45, 2.75) is 65.6 Å². The lowest BCUT2D eigenvalue weighted by Crippen LogP contribution is -2.60. The summed E-state index contributed by atoms with van der Waals surface area (Å²) >= 11 is 0. The van der Waals surface area contributed by atoms with Gasteiger partial charge in [-0.3, -0.25) is 0 Å². The Morgan fingerprint density at radius 1 is 0.609 bits per heavy atom. The summed E-state index contributed by atoms with van der Waals surface area (Å²) in [6.07, 6.45) is 0. The van der Waals surface area contributed by atoms with E-state index in [0.29, 0.717) is 30.1 Å². The van der Waals surface area contributed by atoms with E-state index in [1.165, 1.54) is 0 Å². The standard InChI is InChI=1S/C13H36O6Si4/c1-10-14-21(4,5)17-13(20,18-22(6,7)15-11-2)19-23(8,9)16-12-3/h10-12H2,1-9,20H3. The molecule has 0 saturated heterocycles. The van der Waals surface area contributed by atoms with Crippen molar-refractivity contribution in [2.75, 3.05) is 19.8 Å². The van der Waals surface area contributed by atoms with E-state index < -0.39 is 31.3 Å². The van der Waals surface area contributed by atoms with Crippen molar-refractivity contribution in [3.8, 4) is 0 Å². The number of hydrogen-bond donors (Lipinski definition) is 0. The molecule has 0 unspecified atom stereocenters. The summed E-state index contributed by atoms with van der Waals surface area (Å²) in [4.78, 5) is 0. The molecule has 0 fully saturated rings. The summed E-state index contributed by atoms with van der Waals surface area (Å²) < 4.78 is 36.2. The Balaban J connectivity index is 5.34. The second-order valence-electron chi connectivity index (χ2n) is 6.67. The monoisotopic (exact) mass is 400 g/mol. The highest BCUT2D eigenvalue weighted by atomic mass is 28.4. The summed E-state index contributed by atoms with van der Waals surface area (Å²) in [6, 6.07) is 0. The Bertz CT molecular complexity index is 301. The predicted octanol–water partition coefficient (Wildman–Crippen LogP) is 2.23. The van der Waals surface area contributed by atoms with Crippen LogP contribution in [0.3, 0.4) is 0 Å². The van der Waals surface area contributed by atoms with Gasteiger partial charge in [0, 0.05) is 19.8 Å².